The van der Waals surface area contributed by atoms with E-state index in [9.17, 15) is 9.59 Å². The summed E-state index contributed by atoms with van der Waals surface area (Å²) in [7, 11) is 0. The minimum Gasteiger partial charge on any atom is -0.481 e. The van der Waals surface area contributed by atoms with Crippen LogP contribution in [0.5, 0.6) is 0 Å². The number of rotatable bonds is 5. The second-order valence-corrected chi connectivity index (χ2v) is 6.31. The molecule has 0 aromatic heterocycles. The molecule has 0 bridgehead atoms. The van der Waals surface area contributed by atoms with Gasteiger partial charge in [0.05, 0.1) is 17.9 Å². The lowest BCUT2D eigenvalue weighted by Crippen LogP contribution is -2.45. The second kappa shape index (κ2) is 5.51. The Morgan fingerprint density at radius 1 is 1.14 bits per heavy atom. The fraction of sp³-hybridized carbons (Fsp3) is 0.529. The Morgan fingerprint density at radius 3 is 2.33 bits per heavy atom. The number of carboxylic acids is 1. The molecule has 2 fully saturated rings. The summed E-state index contributed by atoms with van der Waals surface area (Å²) >= 11 is 0. The Labute approximate surface area is 124 Å². The first-order valence-electron chi connectivity index (χ1n) is 7.66. The molecule has 1 aromatic carbocycles. The number of aliphatic carboxylic acids is 1. The molecule has 3 unspecified atom stereocenters. The van der Waals surface area contributed by atoms with Crippen molar-refractivity contribution in [2.45, 2.75) is 38.6 Å². The highest BCUT2D eigenvalue weighted by atomic mass is 16.4. The van der Waals surface area contributed by atoms with Crippen LogP contribution in [-0.2, 0) is 9.59 Å². The van der Waals surface area contributed by atoms with Crippen molar-refractivity contribution in [1.82, 2.24) is 5.32 Å². The standard InChI is InChI=1S/C17H21NO3/c1-10-4-2-3-5-12(10)15(11-6-7-11)18-16(19)13-8-9-14(13)17(20)21/h2-5,11,13-15H,6-9H2,1H3,(H,18,19)(H,20,21). The van der Waals surface area contributed by atoms with Crippen LogP contribution in [0, 0.1) is 24.7 Å². The quantitative estimate of drug-likeness (QED) is 0.875. The predicted octanol–water partition coefficient (Wildman–Crippen LogP) is 2.67. The van der Waals surface area contributed by atoms with Crippen LogP contribution in [-0.4, -0.2) is 17.0 Å². The van der Waals surface area contributed by atoms with E-state index >= 15 is 0 Å². The van der Waals surface area contributed by atoms with Gasteiger partial charge in [-0.05, 0) is 49.7 Å². The lowest BCUT2D eigenvalue weighted by atomic mass is 9.73. The zero-order valence-corrected chi connectivity index (χ0v) is 12.2. The molecule has 1 amide bonds. The summed E-state index contributed by atoms with van der Waals surface area (Å²) < 4.78 is 0. The van der Waals surface area contributed by atoms with Crippen molar-refractivity contribution >= 4 is 11.9 Å². The minimum absolute atomic E-state index is 0.0359. The van der Waals surface area contributed by atoms with Crippen LogP contribution in [0.3, 0.4) is 0 Å². The van der Waals surface area contributed by atoms with Crippen molar-refractivity contribution in [3.8, 4) is 0 Å². The van der Waals surface area contributed by atoms with Gasteiger partial charge in [0, 0.05) is 0 Å². The van der Waals surface area contributed by atoms with Crippen LogP contribution in [0.15, 0.2) is 24.3 Å². The molecule has 2 N–H and O–H groups in total. The predicted molar refractivity (Wildman–Crippen MR) is 78.6 cm³/mol. The molecule has 4 heteroatoms. The van der Waals surface area contributed by atoms with Crippen molar-refractivity contribution < 1.29 is 14.7 Å². The third kappa shape index (κ3) is 2.80. The maximum absolute atomic E-state index is 12.4. The first-order chi connectivity index (χ1) is 10.1. The lowest BCUT2D eigenvalue weighted by molar-refractivity contribution is -0.153. The fourth-order valence-corrected chi connectivity index (χ4v) is 3.18. The summed E-state index contributed by atoms with van der Waals surface area (Å²) in [5, 5.41) is 12.2. The number of aryl methyl sites for hydroxylation is 1. The number of amides is 1. The molecule has 4 nitrogen and oxygen atoms in total. The van der Waals surface area contributed by atoms with Crippen molar-refractivity contribution in [2.24, 2.45) is 17.8 Å². The first-order valence-corrected chi connectivity index (χ1v) is 7.66. The van der Waals surface area contributed by atoms with Gasteiger partial charge in [0.2, 0.25) is 5.91 Å². The van der Waals surface area contributed by atoms with Gasteiger partial charge in [-0.25, -0.2) is 0 Å². The van der Waals surface area contributed by atoms with Gasteiger partial charge in [-0.3, -0.25) is 9.59 Å². The van der Waals surface area contributed by atoms with Gasteiger partial charge < -0.3 is 10.4 Å². The van der Waals surface area contributed by atoms with Crippen LogP contribution in [0.2, 0.25) is 0 Å². The molecule has 0 saturated heterocycles. The van der Waals surface area contributed by atoms with Crippen LogP contribution in [0.4, 0.5) is 0 Å². The van der Waals surface area contributed by atoms with E-state index in [4.69, 9.17) is 5.11 Å². The number of hydrogen-bond acceptors (Lipinski definition) is 2. The molecule has 3 atom stereocenters. The second-order valence-electron chi connectivity index (χ2n) is 6.31. The fourth-order valence-electron chi connectivity index (χ4n) is 3.18. The molecule has 21 heavy (non-hydrogen) atoms. The van der Waals surface area contributed by atoms with Crippen LogP contribution in [0.1, 0.15) is 42.9 Å². The maximum Gasteiger partial charge on any atom is 0.307 e. The van der Waals surface area contributed by atoms with Crippen molar-refractivity contribution in [3.05, 3.63) is 35.4 Å². The van der Waals surface area contributed by atoms with Crippen LogP contribution in [0.25, 0.3) is 0 Å². The van der Waals surface area contributed by atoms with Crippen LogP contribution >= 0.6 is 0 Å². The van der Waals surface area contributed by atoms with E-state index in [1.165, 1.54) is 11.1 Å². The Kier molecular flexibility index (Phi) is 3.70. The zero-order valence-electron chi connectivity index (χ0n) is 12.2. The molecule has 2 aliphatic rings. The molecule has 0 spiro atoms. The Hall–Kier alpha value is -1.84. The molecule has 3 rings (SSSR count). The number of carbonyl (C=O) groups is 2. The first kappa shape index (κ1) is 14.1. The highest BCUT2D eigenvalue weighted by Crippen LogP contribution is 2.43. The minimum atomic E-state index is -0.847. The van der Waals surface area contributed by atoms with Crippen molar-refractivity contribution in [2.75, 3.05) is 0 Å². The molecule has 2 aliphatic carbocycles. The van der Waals surface area contributed by atoms with Gasteiger partial charge in [-0.2, -0.15) is 0 Å². The molecular formula is C17H21NO3. The number of carboxylic acid groups (broad SMARTS) is 1. The Balaban J connectivity index is 1.73. The monoisotopic (exact) mass is 287 g/mol. The summed E-state index contributed by atoms with van der Waals surface area (Å²) in [5.74, 6) is -1.29. The summed E-state index contributed by atoms with van der Waals surface area (Å²) in [6.45, 7) is 2.06. The summed E-state index contributed by atoms with van der Waals surface area (Å²) in [4.78, 5) is 23.5. The maximum atomic E-state index is 12.4. The third-order valence-electron chi connectivity index (χ3n) is 4.84. The summed E-state index contributed by atoms with van der Waals surface area (Å²) in [5.41, 5.74) is 2.35. The van der Waals surface area contributed by atoms with Crippen LogP contribution < -0.4 is 5.32 Å². The lowest BCUT2D eigenvalue weighted by Gasteiger charge is -2.33. The number of hydrogen-bond donors (Lipinski definition) is 2. The van der Waals surface area contributed by atoms with Gasteiger partial charge in [-0.15, -0.1) is 0 Å². The van der Waals surface area contributed by atoms with Gasteiger partial charge in [0.15, 0.2) is 0 Å². The van der Waals surface area contributed by atoms with Gasteiger partial charge in [0.25, 0.3) is 0 Å². The topological polar surface area (TPSA) is 66.4 Å². The van der Waals surface area contributed by atoms with E-state index in [0.717, 1.165) is 12.8 Å². The van der Waals surface area contributed by atoms with E-state index in [1.54, 1.807) is 0 Å². The van der Waals surface area contributed by atoms with E-state index in [1.807, 2.05) is 12.1 Å². The van der Waals surface area contributed by atoms with Crippen molar-refractivity contribution in [3.63, 3.8) is 0 Å². The SMILES string of the molecule is Cc1ccccc1C(NC(=O)C1CCC1C(=O)O)C1CC1. The average molecular weight is 287 g/mol. The Bertz CT molecular complexity index is 565. The van der Waals surface area contributed by atoms with E-state index in [0.29, 0.717) is 18.8 Å². The number of carbonyl (C=O) groups excluding carboxylic acids is 1. The average Bonchev–Trinajstić information content (AvgIpc) is 3.19. The molecular weight excluding hydrogens is 266 g/mol. The number of benzene rings is 1. The Morgan fingerprint density at radius 2 is 1.81 bits per heavy atom. The molecule has 1 aromatic rings. The summed E-state index contributed by atoms with van der Waals surface area (Å²) in [6, 6.07) is 8.15. The number of nitrogens with one attached hydrogen (secondary N) is 1. The third-order valence-corrected chi connectivity index (χ3v) is 4.84. The van der Waals surface area contributed by atoms with E-state index < -0.39 is 11.9 Å². The van der Waals surface area contributed by atoms with E-state index in [2.05, 4.69) is 24.4 Å². The molecule has 112 valence electrons. The summed E-state index contributed by atoms with van der Waals surface area (Å²) in [6.07, 6.45) is 3.57. The van der Waals surface area contributed by atoms with Gasteiger partial charge in [-0.1, -0.05) is 24.3 Å². The van der Waals surface area contributed by atoms with Gasteiger partial charge >= 0.3 is 5.97 Å². The van der Waals surface area contributed by atoms with Crippen molar-refractivity contribution in [1.29, 1.82) is 0 Å². The highest BCUT2D eigenvalue weighted by Gasteiger charge is 2.43. The van der Waals surface area contributed by atoms with Gasteiger partial charge in [0.1, 0.15) is 0 Å². The molecule has 2 saturated carbocycles. The van der Waals surface area contributed by atoms with E-state index in [-0.39, 0.29) is 17.9 Å². The highest BCUT2D eigenvalue weighted by molar-refractivity contribution is 5.86. The largest absolute Gasteiger partial charge is 0.481 e. The molecule has 0 heterocycles. The molecule has 0 aliphatic heterocycles. The molecule has 0 radical (unpaired) electrons. The normalized spacial score (nSPS) is 25.8. The smallest absolute Gasteiger partial charge is 0.307 e. The zero-order chi connectivity index (χ0) is 15.0.